The van der Waals surface area contributed by atoms with E-state index in [2.05, 4.69) is 17.2 Å². The van der Waals surface area contributed by atoms with Gasteiger partial charge >= 0.3 is 0 Å². The van der Waals surface area contributed by atoms with Gasteiger partial charge in [-0.3, -0.25) is 4.79 Å². The van der Waals surface area contributed by atoms with E-state index in [1.807, 2.05) is 84.4 Å². The van der Waals surface area contributed by atoms with Crippen LogP contribution in [-0.2, 0) is 5.75 Å². The molecule has 4 rings (SSSR count). The van der Waals surface area contributed by atoms with Crippen LogP contribution in [0.2, 0.25) is 0 Å². The number of benzene rings is 2. The molecule has 34 heavy (non-hydrogen) atoms. The number of rotatable bonds is 10. The molecule has 0 saturated heterocycles. The van der Waals surface area contributed by atoms with Gasteiger partial charge in [0, 0.05) is 23.0 Å². The van der Waals surface area contributed by atoms with E-state index in [-0.39, 0.29) is 11.9 Å². The Morgan fingerprint density at radius 3 is 2.74 bits per heavy atom. The quantitative estimate of drug-likeness (QED) is 0.289. The molecule has 0 aliphatic rings. The Morgan fingerprint density at radius 2 is 1.94 bits per heavy atom. The summed E-state index contributed by atoms with van der Waals surface area (Å²) in [6.45, 7) is 4.66. The zero-order chi connectivity index (χ0) is 23.9. The fraction of sp³-hybridized carbons (Fsp3) is 0.259. The third-order valence-electron chi connectivity index (χ3n) is 5.42. The van der Waals surface area contributed by atoms with Gasteiger partial charge in [-0.15, -0.1) is 11.8 Å². The van der Waals surface area contributed by atoms with Crippen molar-refractivity contribution in [3.63, 3.8) is 0 Å². The first-order valence-electron chi connectivity index (χ1n) is 11.3. The van der Waals surface area contributed by atoms with Gasteiger partial charge in [0.1, 0.15) is 5.65 Å². The van der Waals surface area contributed by atoms with Gasteiger partial charge in [0.15, 0.2) is 11.5 Å². The predicted octanol–water partition coefficient (Wildman–Crippen LogP) is 5.92. The highest BCUT2D eigenvalue weighted by atomic mass is 32.2. The van der Waals surface area contributed by atoms with Crippen LogP contribution in [0.15, 0.2) is 78.0 Å². The highest BCUT2D eigenvalue weighted by Crippen LogP contribution is 2.31. The van der Waals surface area contributed by atoms with E-state index in [0.29, 0.717) is 29.4 Å². The van der Waals surface area contributed by atoms with Crippen molar-refractivity contribution < 1.29 is 14.3 Å². The summed E-state index contributed by atoms with van der Waals surface area (Å²) in [6, 6.07) is 19.2. The Balaban J connectivity index is 1.45. The molecule has 2 aromatic heterocycles. The number of fused-ring (bicyclic) bond motifs is 1. The normalized spacial score (nSPS) is 11.9. The highest BCUT2D eigenvalue weighted by molar-refractivity contribution is 7.98. The Labute approximate surface area is 204 Å². The molecule has 0 spiro atoms. The Kier molecular flexibility index (Phi) is 7.75. The molecule has 0 radical (unpaired) electrons. The van der Waals surface area contributed by atoms with Gasteiger partial charge in [0.25, 0.3) is 5.91 Å². The van der Waals surface area contributed by atoms with Crippen LogP contribution in [0.3, 0.4) is 0 Å². The molecule has 2 aromatic carbocycles. The van der Waals surface area contributed by atoms with Crippen LogP contribution in [0.25, 0.3) is 5.65 Å². The molecule has 0 saturated carbocycles. The zero-order valence-corrected chi connectivity index (χ0v) is 20.5. The summed E-state index contributed by atoms with van der Waals surface area (Å²) in [5.41, 5.74) is 3.48. The first kappa shape index (κ1) is 23.7. The lowest BCUT2D eigenvalue weighted by Gasteiger charge is -2.18. The SMILES string of the molecule is CCCOc1ccc(C(C)NC(=O)c2ccccc2SCc2cn3ccccc3n2)cc1OC. The van der Waals surface area contributed by atoms with Crippen LogP contribution >= 0.6 is 11.8 Å². The van der Waals surface area contributed by atoms with Gasteiger partial charge in [-0.05, 0) is 55.3 Å². The van der Waals surface area contributed by atoms with Gasteiger partial charge in [0.2, 0.25) is 0 Å². The van der Waals surface area contributed by atoms with Crippen LogP contribution in [-0.4, -0.2) is 29.0 Å². The number of aromatic nitrogens is 2. The Morgan fingerprint density at radius 1 is 1.12 bits per heavy atom. The molecule has 0 aliphatic heterocycles. The molecule has 0 fully saturated rings. The van der Waals surface area contributed by atoms with Crippen molar-refractivity contribution >= 4 is 23.3 Å². The molecule has 1 atom stereocenters. The topological polar surface area (TPSA) is 64.9 Å². The molecule has 1 N–H and O–H groups in total. The summed E-state index contributed by atoms with van der Waals surface area (Å²) in [5.74, 6) is 1.93. The average molecular weight is 476 g/mol. The van der Waals surface area contributed by atoms with E-state index in [9.17, 15) is 4.79 Å². The van der Waals surface area contributed by atoms with Crippen molar-refractivity contribution in [2.75, 3.05) is 13.7 Å². The van der Waals surface area contributed by atoms with Crippen molar-refractivity contribution in [3.05, 3.63) is 89.9 Å². The van der Waals surface area contributed by atoms with Gasteiger partial charge in [-0.2, -0.15) is 0 Å². The van der Waals surface area contributed by atoms with Crippen molar-refractivity contribution in [1.29, 1.82) is 0 Å². The van der Waals surface area contributed by atoms with E-state index < -0.39 is 0 Å². The predicted molar refractivity (Wildman–Crippen MR) is 136 cm³/mol. The number of hydrogen-bond donors (Lipinski definition) is 1. The molecule has 0 aliphatic carbocycles. The number of nitrogens with one attached hydrogen (secondary N) is 1. The van der Waals surface area contributed by atoms with Gasteiger partial charge in [-0.25, -0.2) is 4.98 Å². The van der Waals surface area contributed by atoms with E-state index in [4.69, 9.17) is 9.47 Å². The molecule has 1 amide bonds. The molecule has 6 nitrogen and oxygen atoms in total. The Hall–Kier alpha value is -3.45. The zero-order valence-electron chi connectivity index (χ0n) is 19.7. The molecular formula is C27H29N3O3S. The molecule has 7 heteroatoms. The number of hydrogen-bond acceptors (Lipinski definition) is 5. The van der Waals surface area contributed by atoms with Crippen LogP contribution in [0.1, 0.15) is 47.9 Å². The number of carbonyl (C=O) groups excluding carboxylic acids is 1. The summed E-state index contributed by atoms with van der Waals surface area (Å²) in [7, 11) is 1.62. The second kappa shape index (κ2) is 11.1. The smallest absolute Gasteiger partial charge is 0.252 e. The second-order valence-corrected chi connectivity index (χ2v) is 8.95. The lowest BCUT2D eigenvalue weighted by Crippen LogP contribution is -2.27. The summed E-state index contributed by atoms with van der Waals surface area (Å²) in [4.78, 5) is 18.7. The number of carbonyl (C=O) groups is 1. The van der Waals surface area contributed by atoms with Crippen molar-refractivity contribution in [2.24, 2.45) is 0 Å². The minimum absolute atomic E-state index is 0.115. The van der Waals surface area contributed by atoms with Crippen LogP contribution < -0.4 is 14.8 Å². The molecule has 0 bridgehead atoms. The minimum Gasteiger partial charge on any atom is -0.493 e. The third-order valence-corrected chi connectivity index (χ3v) is 6.53. The molecule has 2 heterocycles. The van der Waals surface area contributed by atoms with E-state index in [0.717, 1.165) is 28.2 Å². The van der Waals surface area contributed by atoms with Gasteiger partial charge in [-0.1, -0.05) is 31.2 Å². The van der Waals surface area contributed by atoms with E-state index in [1.165, 1.54) is 0 Å². The molecule has 176 valence electrons. The largest absolute Gasteiger partial charge is 0.493 e. The van der Waals surface area contributed by atoms with Gasteiger partial charge in [0.05, 0.1) is 31.0 Å². The molecule has 1 unspecified atom stereocenters. The lowest BCUT2D eigenvalue weighted by molar-refractivity contribution is 0.0937. The van der Waals surface area contributed by atoms with Crippen molar-refractivity contribution in [3.8, 4) is 11.5 Å². The van der Waals surface area contributed by atoms with E-state index in [1.54, 1.807) is 18.9 Å². The van der Waals surface area contributed by atoms with E-state index >= 15 is 0 Å². The average Bonchev–Trinajstić information content (AvgIpc) is 3.29. The number of nitrogens with zero attached hydrogens (tertiary/aromatic N) is 2. The maximum absolute atomic E-state index is 13.2. The number of methoxy groups -OCH3 is 1. The summed E-state index contributed by atoms with van der Waals surface area (Å²) < 4.78 is 13.2. The van der Waals surface area contributed by atoms with Crippen molar-refractivity contribution in [2.45, 2.75) is 37.0 Å². The third kappa shape index (κ3) is 5.54. The fourth-order valence-electron chi connectivity index (χ4n) is 3.63. The second-order valence-electron chi connectivity index (χ2n) is 7.94. The standard InChI is InChI=1S/C27H29N3O3S/c1-4-15-33-23-13-12-20(16-24(23)32-3)19(2)28-27(31)22-9-5-6-10-25(22)34-18-21-17-30-14-8-7-11-26(30)29-21/h5-14,16-17,19H,4,15,18H2,1-3H3,(H,28,31). The maximum atomic E-state index is 13.2. The monoisotopic (exact) mass is 475 g/mol. The molecular weight excluding hydrogens is 446 g/mol. The first-order valence-corrected chi connectivity index (χ1v) is 12.3. The lowest BCUT2D eigenvalue weighted by atomic mass is 10.1. The Bertz CT molecular complexity index is 1240. The number of amides is 1. The summed E-state index contributed by atoms with van der Waals surface area (Å²) >= 11 is 1.61. The highest BCUT2D eigenvalue weighted by Gasteiger charge is 2.17. The number of pyridine rings is 1. The van der Waals surface area contributed by atoms with Crippen LogP contribution in [0, 0.1) is 0 Å². The molecule has 4 aromatic rings. The first-order chi connectivity index (χ1) is 16.6. The summed E-state index contributed by atoms with van der Waals surface area (Å²) in [5, 5.41) is 3.12. The van der Waals surface area contributed by atoms with Crippen LogP contribution in [0.5, 0.6) is 11.5 Å². The number of thioether (sulfide) groups is 1. The fourth-order valence-corrected chi connectivity index (χ4v) is 4.56. The van der Waals surface area contributed by atoms with Gasteiger partial charge < -0.3 is 19.2 Å². The number of ether oxygens (including phenoxy) is 2. The maximum Gasteiger partial charge on any atom is 0.252 e. The number of imidazole rings is 1. The minimum atomic E-state index is -0.196. The van der Waals surface area contributed by atoms with Crippen molar-refractivity contribution in [1.82, 2.24) is 14.7 Å². The van der Waals surface area contributed by atoms with Crippen LogP contribution in [0.4, 0.5) is 0 Å². The summed E-state index contributed by atoms with van der Waals surface area (Å²) in [6.07, 6.45) is 4.93.